The number of ketones is 1. The van der Waals surface area contributed by atoms with Gasteiger partial charge in [0.25, 0.3) is 0 Å². The second kappa shape index (κ2) is 7.16. The van der Waals surface area contributed by atoms with Gasteiger partial charge in [-0.3, -0.25) is 4.79 Å². The number of carbonyl (C=O) groups excluding carboxylic acids is 1. The van der Waals surface area contributed by atoms with Crippen molar-refractivity contribution in [2.24, 2.45) is 0 Å². The third kappa shape index (κ3) is 3.73. The predicted molar refractivity (Wildman–Crippen MR) is 87.5 cm³/mol. The molecule has 0 saturated carbocycles. The number of phenols is 2. The molecule has 0 atom stereocenters. The molecule has 2 aromatic rings. The minimum absolute atomic E-state index is 0.0833. The van der Waals surface area contributed by atoms with Crippen LogP contribution in [0, 0.1) is 0 Å². The van der Waals surface area contributed by atoms with Gasteiger partial charge in [0.2, 0.25) is 0 Å². The first-order valence-corrected chi connectivity index (χ1v) is 7.12. The van der Waals surface area contributed by atoms with Gasteiger partial charge in [-0.1, -0.05) is 23.7 Å². The molecule has 0 aromatic heterocycles. The Morgan fingerprint density at radius 3 is 2.42 bits per heavy atom. The van der Waals surface area contributed by atoms with E-state index < -0.39 is 18.4 Å². The Labute approximate surface area is 141 Å². The highest BCUT2D eigenvalue weighted by molar-refractivity contribution is 6.31. The molecule has 0 radical (unpaired) electrons. The fraction of sp³-hybridized carbons (Fsp3) is 0.0588. The van der Waals surface area contributed by atoms with E-state index in [1.807, 2.05) is 0 Å². The summed E-state index contributed by atoms with van der Waals surface area (Å²) in [7, 11) is 0. The smallest absolute Gasteiger partial charge is 0.339 e. The maximum Gasteiger partial charge on any atom is 0.339 e. The van der Waals surface area contributed by atoms with Crippen molar-refractivity contribution in [3.05, 3.63) is 63.7 Å². The number of benzene rings is 2. The summed E-state index contributed by atoms with van der Waals surface area (Å²) in [5.41, 5.74) is 0.123. The van der Waals surface area contributed by atoms with E-state index in [0.29, 0.717) is 5.56 Å². The first-order chi connectivity index (χ1) is 11.3. The van der Waals surface area contributed by atoms with E-state index in [0.717, 1.165) is 6.08 Å². The van der Waals surface area contributed by atoms with Crippen LogP contribution in [0.15, 0.2) is 36.4 Å². The van der Waals surface area contributed by atoms with E-state index in [-0.39, 0.29) is 33.2 Å². The Bertz CT molecular complexity index is 841. The van der Waals surface area contributed by atoms with Crippen LogP contribution in [0.1, 0.15) is 31.8 Å². The molecule has 7 heteroatoms. The quantitative estimate of drug-likeness (QED) is 0.488. The summed E-state index contributed by atoms with van der Waals surface area (Å²) in [4.78, 5) is 23.2. The molecule has 0 fully saturated rings. The molecule has 0 unspecified atom stereocenters. The topological polar surface area (TPSA) is 115 Å². The van der Waals surface area contributed by atoms with Gasteiger partial charge in [0.1, 0.15) is 17.1 Å². The van der Waals surface area contributed by atoms with Crippen molar-refractivity contribution in [1.82, 2.24) is 0 Å². The highest BCUT2D eigenvalue weighted by Crippen LogP contribution is 2.28. The summed E-state index contributed by atoms with van der Waals surface area (Å²) in [6, 6.07) is 6.45. The van der Waals surface area contributed by atoms with Gasteiger partial charge >= 0.3 is 5.97 Å². The van der Waals surface area contributed by atoms with Crippen molar-refractivity contribution in [3.8, 4) is 11.5 Å². The largest absolute Gasteiger partial charge is 0.507 e. The zero-order valence-electron chi connectivity index (χ0n) is 12.2. The molecule has 0 aliphatic rings. The second-order valence-electron chi connectivity index (χ2n) is 4.90. The molecule has 0 aliphatic heterocycles. The molecular weight excluding hydrogens is 336 g/mol. The highest BCUT2D eigenvalue weighted by Gasteiger charge is 2.14. The number of hydrogen-bond acceptors (Lipinski definition) is 5. The van der Waals surface area contributed by atoms with Crippen molar-refractivity contribution < 1.29 is 30.0 Å². The van der Waals surface area contributed by atoms with Crippen LogP contribution in [0.3, 0.4) is 0 Å². The first-order valence-electron chi connectivity index (χ1n) is 6.74. The Kier molecular flexibility index (Phi) is 5.23. The number of halogens is 1. The molecule has 24 heavy (non-hydrogen) atoms. The summed E-state index contributed by atoms with van der Waals surface area (Å²) in [5.74, 6) is -2.62. The molecule has 4 N–H and O–H groups in total. The second-order valence-corrected chi connectivity index (χ2v) is 5.33. The van der Waals surface area contributed by atoms with E-state index >= 15 is 0 Å². The monoisotopic (exact) mass is 348 g/mol. The number of aromatic hydroxyl groups is 2. The van der Waals surface area contributed by atoms with E-state index in [1.54, 1.807) is 0 Å². The van der Waals surface area contributed by atoms with Crippen LogP contribution in [0.4, 0.5) is 0 Å². The van der Waals surface area contributed by atoms with Crippen molar-refractivity contribution in [2.75, 3.05) is 0 Å². The van der Waals surface area contributed by atoms with Gasteiger partial charge in [0, 0.05) is 10.6 Å². The molecular formula is C17H13ClO6. The molecule has 2 aromatic carbocycles. The van der Waals surface area contributed by atoms with Gasteiger partial charge in [-0.2, -0.15) is 0 Å². The lowest BCUT2D eigenvalue weighted by Crippen LogP contribution is -1.99. The zero-order chi connectivity index (χ0) is 17.9. The summed E-state index contributed by atoms with van der Waals surface area (Å²) in [5, 5.41) is 37.7. The lowest BCUT2D eigenvalue weighted by Gasteiger charge is -2.07. The standard InChI is InChI=1S/C17H13ClO6/c18-11-6-10(8-19)16(22)12(7-11)14(20)3-1-9-2-4-15(21)13(5-9)17(23)24/h1-7,19,21-22H,8H2,(H,23,24)/b3-1-. The molecule has 124 valence electrons. The van der Waals surface area contributed by atoms with Gasteiger partial charge in [-0.05, 0) is 35.9 Å². The minimum Gasteiger partial charge on any atom is -0.507 e. The number of allylic oxidation sites excluding steroid dienone is 1. The Morgan fingerprint density at radius 1 is 1.08 bits per heavy atom. The summed E-state index contributed by atoms with van der Waals surface area (Å²) < 4.78 is 0. The van der Waals surface area contributed by atoms with E-state index in [2.05, 4.69) is 0 Å². The SMILES string of the molecule is O=C(O)c1cc(/C=C\C(=O)c2cc(Cl)cc(CO)c2O)ccc1O. The number of carboxylic acid groups (broad SMARTS) is 1. The molecule has 6 nitrogen and oxygen atoms in total. The number of carbonyl (C=O) groups is 2. The van der Waals surface area contributed by atoms with E-state index in [4.69, 9.17) is 21.8 Å². The number of carboxylic acids is 1. The van der Waals surface area contributed by atoms with E-state index in [1.165, 1.54) is 36.4 Å². The molecule has 0 spiro atoms. The number of aliphatic hydroxyl groups excluding tert-OH is 1. The van der Waals surface area contributed by atoms with Crippen LogP contribution < -0.4 is 0 Å². The van der Waals surface area contributed by atoms with Crippen LogP contribution >= 0.6 is 11.6 Å². The molecule has 0 aliphatic carbocycles. The highest BCUT2D eigenvalue weighted by atomic mass is 35.5. The van der Waals surface area contributed by atoms with Crippen molar-refractivity contribution in [3.63, 3.8) is 0 Å². The lowest BCUT2D eigenvalue weighted by atomic mass is 10.0. The first kappa shape index (κ1) is 17.5. The number of aromatic carboxylic acids is 1. The zero-order valence-corrected chi connectivity index (χ0v) is 13.0. The summed E-state index contributed by atoms with van der Waals surface area (Å²) in [6.45, 7) is -0.476. The van der Waals surface area contributed by atoms with Crippen molar-refractivity contribution in [2.45, 2.75) is 6.61 Å². The van der Waals surface area contributed by atoms with Gasteiger partial charge in [-0.15, -0.1) is 0 Å². The summed E-state index contributed by atoms with van der Waals surface area (Å²) >= 11 is 5.84. The van der Waals surface area contributed by atoms with Gasteiger partial charge in [0.15, 0.2) is 5.78 Å². The number of aliphatic hydroxyl groups is 1. The number of rotatable bonds is 5. The average molecular weight is 349 g/mol. The summed E-state index contributed by atoms with van der Waals surface area (Å²) in [6.07, 6.45) is 2.47. The van der Waals surface area contributed by atoms with Crippen LogP contribution in [-0.4, -0.2) is 32.2 Å². The molecule has 0 saturated heterocycles. The van der Waals surface area contributed by atoms with E-state index in [9.17, 15) is 19.8 Å². The van der Waals surface area contributed by atoms with Crippen molar-refractivity contribution in [1.29, 1.82) is 0 Å². The van der Waals surface area contributed by atoms with Crippen LogP contribution in [0.5, 0.6) is 11.5 Å². The molecule has 0 bridgehead atoms. The minimum atomic E-state index is -1.30. The van der Waals surface area contributed by atoms with Gasteiger partial charge in [-0.25, -0.2) is 4.79 Å². The van der Waals surface area contributed by atoms with Crippen LogP contribution in [0.2, 0.25) is 5.02 Å². The molecule has 0 amide bonds. The number of hydrogen-bond donors (Lipinski definition) is 4. The van der Waals surface area contributed by atoms with Gasteiger partial charge < -0.3 is 20.4 Å². The van der Waals surface area contributed by atoms with Crippen LogP contribution in [0.25, 0.3) is 6.08 Å². The fourth-order valence-electron chi connectivity index (χ4n) is 2.05. The van der Waals surface area contributed by atoms with Gasteiger partial charge in [0.05, 0.1) is 12.2 Å². The Morgan fingerprint density at radius 2 is 1.79 bits per heavy atom. The Balaban J connectivity index is 2.33. The lowest BCUT2D eigenvalue weighted by molar-refractivity contribution is 0.0693. The molecule has 0 heterocycles. The average Bonchev–Trinajstić information content (AvgIpc) is 2.55. The third-order valence-electron chi connectivity index (χ3n) is 3.27. The molecule has 2 rings (SSSR count). The van der Waals surface area contributed by atoms with Crippen LogP contribution in [-0.2, 0) is 6.61 Å². The maximum absolute atomic E-state index is 12.2. The van der Waals surface area contributed by atoms with Crippen molar-refractivity contribution >= 4 is 29.4 Å². The normalized spacial score (nSPS) is 10.9. The maximum atomic E-state index is 12.2. The third-order valence-corrected chi connectivity index (χ3v) is 3.49. The fourth-order valence-corrected chi connectivity index (χ4v) is 2.30. The predicted octanol–water partition coefficient (Wildman–Crippen LogP) is 2.84. The Hall–Kier alpha value is -2.83.